The van der Waals surface area contributed by atoms with Gasteiger partial charge in [-0.2, -0.15) is 0 Å². The fourth-order valence-corrected chi connectivity index (χ4v) is 8.21. The van der Waals surface area contributed by atoms with E-state index >= 15 is 0 Å². The molecule has 0 aliphatic carbocycles. The largest absolute Gasteiger partial charge is 0.497 e. The highest BCUT2D eigenvalue weighted by molar-refractivity contribution is 7.99. The molecule has 0 spiro atoms. The number of methoxy groups -OCH3 is 1. The number of aryl methyl sites for hydroxylation is 1. The second kappa shape index (κ2) is 13.4. The Morgan fingerprint density at radius 3 is 2.52 bits per heavy atom. The van der Waals surface area contributed by atoms with Crippen LogP contribution in [0.5, 0.6) is 5.75 Å². The fourth-order valence-electron chi connectivity index (χ4n) is 5.46. The summed E-state index contributed by atoms with van der Waals surface area (Å²) in [7, 11) is -0.0453. The van der Waals surface area contributed by atoms with Crippen molar-refractivity contribution in [3.8, 4) is 5.75 Å². The minimum atomic E-state index is -1.60. The third-order valence-electron chi connectivity index (χ3n) is 7.79. The van der Waals surface area contributed by atoms with Gasteiger partial charge in [0, 0.05) is 22.1 Å². The smallest absolute Gasteiger partial charge is 0.355 e. The molecule has 46 heavy (non-hydrogen) atoms. The summed E-state index contributed by atoms with van der Waals surface area (Å²) < 4.78 is 29.8. The molecule has 3 atom stereocenters. The Morgan fingerprint density at radius 1 is 1.02 bits per heavy atom. The molecule has 12 heteroatoms. The van der Waals surface area contributed by atoms with Crippen molar-refractivity contribution >= 4 is 51.3 Å². The van der Waals surface area contributed by atoms with E-state index in [-0.39, 0.29) is 36.1 Å². The lowest BCUT2D eigenvalue weighted by Crippen LogP contribution is -2.73. The standard InChI is InChI=1S/C34H30N2O8S2/c1-20-14-29(38)44-27-16-25(12-13-26(20)27)45-18-23-19-46(41)33-30(35-28(37)15-21-6-4-3-5-7-21)32(39)36(33)31(23)34(40)43-17-22-8-10-24(42-2)11-9-22/h3-14,16,30,33H,15,17-19H2,1-2H3,(H,35,37)/t30-,33-,46?/m1/s1. The molecule has 3 heterocycles. The van der Waals surface area contributed by atoms with Crippen LogP contribution in [-0.2, 0) is 42.9 Å². The van der Waals surface area contributed by atoms with Gasteiger partial charge in [0.2, 0.25) is 5.91 Å². The van der Waals surface area contributed by atoms with Crippen molar-refractivity contribution in [2.75, 3.05) is 18.6 Å². The van der Waals surface area contributed by atoms with Gasteiger partial charge in [0.1, 0.15) is 35.1 Å². The highest BCUT2D eigenvalue weighted by Gasteiger charge is 2.57. The molecule has 0 bridgehead atoms. The van der Waals surface area contributed by atoms with Crippen molar-refractivity contribution in [2.45, 2.75) is 36.3 Å². The minimum Gasteiger partial charge on any atom is -0.497 e. The number of amides is 2. The molecule has 1 aromatic heterocycles. The van der Waals surface area contributed by atoms with E-state index in [2.05, 4.69) is 5.32 Å². The number of fused-ring (bicyclic) bond motifs is 2. The molecule has 6 rings (SSSR count). The number of esters is 1. The summed E-state index contributed by atoms with van der Waals surface area (Å²) in [5.41, 5.74) is 2.78. The normalized spacial score (nSPS) is 19.0. The molecular weight excluding hydrogens is 629 g/mol. The van der Waals surface area contributed by atoms with Gasteiger partial charge in [0.25, 0.3) is 5.91 Å². The molecule has 4 aromatic rings. The Hall–Kier alpha value is -4.68. The van der Waals surface area contributed by atoms with E-state index in [4.69, 9.17) is 13.9 Å². The Bertz CT molecular complexity index is 1940. The van der Waals surface area contributed by atoms with Gasteiger partial charge in [-0.25, -0.2) is 9.59 Å². The van der Waals surface area contributed by atoms with Gasteiger partial charge in [0.15, 0.2) is 0 Å². The van der Waals surface area contributed by atoms with E-state index in [1.54, 1.807) is 49.6 Å². The molecule has 1 saturated heterocycles. The zero-order valence-electron chi connectivity index (χ0n) is 25.0. The van der Waals surface area contributed by atoms with Gasteiger partial charge >= 0.3 is 11.6 Å². The molecule has 2 amide bonds. The number of hydrogen-bond donors (Lipinski definition) is 1. The van der Waals surface area contributed by atoms with Gasteiger partial charge in [-0.05, 0) is 59.5 Å². The van der Waals surface area contributed by atoms with E-state index in [9.17, 15) is 23.4 Å². The number of hydrogen-bond acceptors (Lipinski definition) is 9. The molecule has 1 fully saturated rings. The molecule has 0 radical (unpaired) electrons. The Kier molecular flexibility index (Phi) is 9.09. The third kappa shape index (κ3) is 6.49. The summed E-state index contributed by atoms with van der Waals surface area (Å²) in [6.07, 6.45) is 0.0594. The van der Waals surface area contributed by atoms with Crippen molar-refractivity contribution in [2.24, 2.45) is 0 Å². The van der Waals surface area contributed by atoms with Crippen LogP contribution < -0.4 is 15.7 Å². The molecule has 2 aliphatic rings. The first kappa shape index (κ1) is 31.3. The molecule has 236 valence electrons. The maximum absolute atomic E-state index is 13.6. The van der Waals surface area contributed by atoms with Crippen LogP contribution in [0, 0.1) is 6.92 Å². The van der Waals surface area contributed by atoms with Crippen LogP contribution >= 0.6 is 11.8 Å². The van der Waals surface area contributed by atoms with Crippen molar-refractivity contribution in [1.82, 2.24) is 10.2 Å². The van der Waals surface area contributed by atoms with Crippen LogP contribution in [0.15, 0.2) is 104 Å². The number of benzene rings is 3. The third-order valence-corrected chi connectivity index (χ3v) is 10.5. The fraction of sp³-hybridized carbons (Fsp3) is 0.235. The molecule has 0 saturated carbocycles. The summed E-state index contributed by atoms with van der Waals surface area (Å²) >= 11 is 1.35. The van der Waals surface area contributed by atoms with Crippen molar-refractivity contribution in [3.63, 3.8) is 0 Å². The number of thioether (sulfide) groups is 1. The molecular formula is C34H30N2O8S2. The highest BCUT2D eigenvalue weighted by Crippen LogP contribution is 2.38. The summed E-state index contributed by atoms with van der Waals surface area (Å²) in [4.78, 5) is 53.8. The SMILES string of the molecule is COc1ccc(COC(=O)C2=C(CSc3ccc4c(C)cc(=O)oc4c3)CS(=O)[C@@H]3[C@H](NC(=O)Cc4ccccc4)C(=O)N23)cc1. The monoisotopic (exact) mass is 658 g/mol. The Morgan fingerprint density at radius 2 is 1.78 bits per heavy atom. The number of nitrogens with zero attached hydrogens (tertiary/aromatic N) is 1. The van der Waals surface area contributed by atoms with Gasteiger partial charge < -0.3 is 19.2 Å². The molecule has 10 nitrogen and oxygen atoms in total. The first-order valence-electron chi connectivity index (χ1n) is 14.4. The second-order valence-electron chi connectivity index (χ2n) is 10.9. The molecule has 2 aliphatic heterocycles. The molecule has 1 unspecified atom stereocenters. The first-order chi connectivity index (χ1) is 22.2. The minimum absolute atomic E-state index is 0.0151. The van der Waals surface area contributed by atoms with Gasteiger partial charge in [-0.15, -0.1) is 11.8 Å². The van der Waals surface area contributed by atoms with Crippen LogP contribution in [0.3, 0.4) is 0 Å². The van der Waals surface area contributed by atoms with Gasteiger partial charge in [-0.1, -0.05) is 42.5 Å². The highest BCUT2D eigenvalue weighted by atomic mass is 32.2. The van der Waals surface area contributed by atoms with Crippen LogP contribution in [0.4, 0.5) is 0 Å². The average Bonchev–Trinajstić information content (AvgIpc) is 3.05. The van der Waals surface area contributed by atoms with E-state index < -0.39 is 39.7 Å². The zero-order chi connectivity index (χ0) is 32.4. The topological polar surface area (TPSA) is 132 Å². The zero-order valence-corrected chi connectivity index (χ0v) is 26.7. The van der Waals surface area contributed by atoms with Gasteiger partial charge in [0.05, 0.1) is 30.1 Å². The summed E-state index contributed by atoms with van der Waals surface area (Å²) in [6.45, 7) is 1.78. The number of rotatable bonds is 10. The summed E-state index contributed by atoms with van der Waals surface area (Å²) in [5, 5.41) is 2.62. The lowest BCUT2D eigenvalue weighted by molar-refractivity contribution is -0.153. The quantitative estimate of drug-likeness (QED) is 0.117. The number of carbonyl (C=O) groups excluding carboxylic acids is 3. The maximum Gasteiger partial charge on any atom is 0.355 e. The number of β-lactam (4-membered cyclic amide) rings is 1. The maximum atomic E-state index is 13.6. The van der Waals surface area contributed by atoms with Crippen molar-refractivity contribution < 1.29 is 32.5 Å². The Balaban J connectivity index is 1.24. The average molecular weight is 659 g/mol. The summed E-state index contributed by atoms with van der Waals surface area (Å²) in [5.74, 6) is -0.738. The lowest BCUT2D eigenvalue weighted by atomic mass is 10.0. The van der Waals surface area contributed by atoms with Crippen molar-refractivity contribution in [3.05, 3.63) is 117 Å². The number of ether oxygens (including phenoxy) is 2. The van der Waals surface area contributed by atoms with E-state index in [0.717, 1.165) is 27.0 Å². The first-order valence-corrected chi connectivity index (χ1v) is 16.8. The van der Waals surface area contributed by atoms with Crippen LogP contribution in [0.1, 0.15) is 16.7 Å². The Labute approximate surface area is 271 Å². The number of carbonyl (C=O) groups is 3. The van der Waals surface area contributed by atoms with E-state index in [1.807, 2.05) is 37.3 Å². The second-order valence-corrected chi connectivity index (χ2v) is 13.5. The van der Waals surface area contributed by atoms with E-state index in [1.165, 1.54) is 22.7 Å². The van der Waals surface area contributed by atoms with Crippen LogP contribution in [0.25, 0.3) is 11.0 Å². The molecule has 1 N–H and O–H groups in total. The summed E-state index contributed by atoms with van der Waals surface area (Å²) in [6, 6.07) is 22.0. The molecule has 3 aromatic carbocycles. The van der Waals surface area contributed by atoms with E-state index in [0.29, 0.717) is 16.9 Å². The number of nitrogens with one attached hydrogen (secondary N) is 1. The predicted octanol–water partition coefficient (Wildman–Crippen LogP) is 3.86. The predicted molar refractivity (Wildman–Crippen MR) is 173 cm³/mol. The lowest BCUT2D eigenvalue weighted by Gasteiger charge is -2.49. The van der Waals surface area contributed by atoms with Crippen LogP contribution in [-0.4, -0.2) is 56.9 Å². The van der Waals surface area contributed by atoms with Crippen molar-refractivity contribution in [1.29, 1.82) is 0 Å². The van der Waals surface area contributed by atoms with Crippen LogP contribution in [0.2, 0.25) is 0 Å². The van der Waals surface area contributed by atoms with Gasteiger partial charge in [-0.3, -0.25) is 18.7 Å².